The van der Waals surface area contributed by atoms with E-state index in [1.165, 1.54) is 0 Å². The van der Waals surface area contributed by atoms with Gasteiger partial charge in [0, 0.05) is 4.47 Å². The van der Waals surface area contributed by atoms with E-state index in [9.17, 15) is 9.59 Å². The zero-order valence-electron chi connectivity index (χ0n) is 9.81. The molecule has 1 aliphatic rings. The number of hydrogen-bond acceptors (Lipinski definition) is 4. The van der Waals surface area contributed by atoms with E-state index in [1.54, 1.807) is 30.0 Å². The van der Waals surface area contributed by atoms with Crippen molar-refractivity contribution < 1.29 is 14.7 Å². The number of imide groups is 1. The van der Waals surface area contributed by atoms with E-state index in [1.807, 2.05) is 0 Å². The van der Waals surface area contributed by atoms with Crippen LogP contribution in [0.5, 0.6) is 0 Å². The number of hydrogen-bond donors (Lipinski definition) is 2. The van der Waals surface area contributed by atoms with Crippen LogP contribution < -0.4 is 10.2 Å². The average molecular weight is 313 g/mol. The maximum atomic E-state index is 11.6. The second-order valence-electron chi connectivity index (χ2n) is 4.16. The summed E-state index contributed by atoms with van der Waals surface area (Å²) in [6, 6.07) is 4.93. The van der Waals surface area contributed by atoms with Crippen LogP contribution in [0.25, 0.3) is 0 Å². The molecule has 0 saturated carbocycles. The van der Waals surface area contributed by atoms with Crippen molar-refractivity contribution in [1.82, 2.24) is 5.32 Å². The van der Waals surface area contributed by atoms with Gasteiger partial charge in [-0.05, 0) is 40.5 Å². The molecule has 6 heteroatoms. The molecular formula is C12H13BrN2O3. The number of aliphatic hydroxyl groups excluding tert-OH is 1. The Morgan fingerprint density at radius 2 is 2.22 bits per heavy atom. The number of carbonyl (C=O) groups excluding carboxylic acids is 2. The maximum Gasteiger partial charge on any atom is 0.249 e. The van der Waals surface area contributed by atoms with Crippen molar-refractivity contribution in [1.29, 1.82) is 0 Å². The summed E-state index contributed by atoms with van der Waals surface area (Å²) in [5.41, 5.74) is 1.54. The Hall–Kier alpha value is -1.40. The zero-order valence-corrected chi connectivity index (χ0v) is 11.4. The standard InChI is InChI=1S/C12H13BrN2O3/c1-7-12(18)14-11(17)5-15(7)10-3-2-8(6-16)4-9(10)13/h2-4,7,16H,5-6H2,1H3,(H,14,17,18). The molecule has 2 N–H and O–H groups in total. The zero-order chi connectivity index (χ0) is 13.3. The largest absolute Gasteiger partial charge is 0.392 e. The van der Waals surface area contributed by atoms with Gasteiger partial charge in [0.15, 0.2) is 0 Å². The van der Waals surface area contributed by atoms with Gasteiger partial charge in [-0.3, -0.25) is 14.9 Å². The Kier molecular flexibility index (Phi) is 3.68. The first-order chi connectivity index (χ1) is 8.52. The number of carbonyl (C=O) groups is 2. The summed E-state index contributed by atoms with van der Waals surface area (Å²) < 4.78 is 0.753. The number of piperazine rings is 1. The molecule has 18 heavy (non-hydrogen) atoms. The van der Waals surface area contributed by atoms with Crippen molar-refractivity contribution in [3.8, 4) is 0 Å². The fourth-order valence-corrected chi connectivity index (χ4v) is 2.54. The van der Waals surface area contributed by atoms with Gasteiger partial charge in [0.25, 0.3) is 0 Å². The third kappa shape index (κ3) is 2.39. The SMILES string of the molecule is CC1C(=O)NC(=O)CN1c1ccc(CO)cc1Br. The molecule has 1 atom stereocenters. The molecule has 0 aromatic heterocycles. The molecule has 1 saturated heterocycles. The van der Waals surface area contributed by atoms with Crippen molar-refractivity contribution in [2.75, 3.05) is 11.4 Å². The predicted octanol–water partition coefficient (Wildman–Crippen LogP) is 0.793. The summed E-state index contributed by atoms with van der Waals surface area (Å²) in [4.78, 5) is 24.7. The van der Waals surface area contributed by atoms with E-state index in [2.05, 4.69) is 21.2 Å². The first-order valence-corrected chi connectivity index (χ1v) is 6.32. The smallest absolute Gasteiger partial charge is 0.249 e. The van der Waals surface area contributed by atoms with E-state index in [0.717, 1.165) is 15.7 Å². The van der Waals surface area contributed by atoms with Crippen LogP contribution in [0.2, 0.25) is 0 Å². The van der Waals surface area contributed by atoms with Crippen molar-refractivity contribution in [2.45, 2.75) is 19.6 Å². The van der Waals surface area contributed by atoms with Gasteiger partial charge in [0.2, 0.25) is 11.8 Å². The quantitative estimate of drug-likeness (QED) is 0.792. The molecule has 2 rings (SSSR count). The minimum Gasteiger partial charge on any atom is -0.392 e. The molecule has 1 aliphatic heterocycles. The Morgan fingerprint density at radius 1 is 1.50 bits per heavy atom. The Bertz CT molecular complexity index is 504. The van der Waals surface area contributed by atoms with Crippen LogP contribution in [-0.4, -0.2) is 29.5 Å². The van der Waals surface area contributed by atoms with Crippen LogP contribution in [0, 0.1) is 0 Å². The lowest BCUT2D eigenvalue weighted by Crippen LogP contribution is -2.57. The Labute approximate surface area is 113 Å². The minimum absolute atomic E-state index is 0.0478. The third-order valence-corrected chi connectivity index (χ3v) is 3.56. The molecule has 2 amide bonds. The van der Waals surface area contributed by atoms with Crippen LogP contribution in [0.3, 0.4) is 0 Å². The van der Waals surface area contributed by atoms with E-state index in [-0.39, 0.29) is 25.0 Å². The second kappa shape index (κ2) is 5.07. The summed E-state index contributed by atoms with van der Waals surface area (Å²) in [7, 11) is 0. The molecule has 1 aromatic rings. The summed E-state index contributed by atoms with van der Waals surface area (Å²) in [5, 5.41) is 11.3. The lowest BCUT2D eigenvalue weighted by molar-refractivity contribution is -0.132. The molecular weight excluding hydrogens is 300 g/mol. The summed E-state index contributed by atoms with van der Waals surface area (Å²) in [6.45, 7) is 1.84. The highest BCUT2D eigenvalue weighted by Crippen LogP contribution is 2.29. The highest BCUT2D eigenvalue weighted by Gasteiger charge is 2.31. The van der Waals surface area contributed by atoms with Gasteiger partial charge < -0.3 is 10.0 Å². The van der Waals surface area contributed by atoms with Crippen LogP contribution in [0.15, 0.2) is 22.7 Å². The third-order valence-electron chi connectivity index (χ3n) is 2.93. The van der Waals surface area contributed by atoms with Crippen molar-refractivity contribution >= 4 is 33.4 Å². The summed E-state index contributed by atoms with van der Waals surface area (Å²) >= 11 is 3.40. The van der Waals surface area contributed by atoms with Gasteiger partial charge >= 0.3 is 0 Å². The number of aliphatic hydroxyl groups is 1. The van der Waals surface area contributed by atoms with E-state index < -0.39 is 6.04 Å². The first kappa shape index (κ1) is 13.0. The van der Waals surface area contributed by atoms with Gasteiger partial charge in [0.05, 0.1) is 18.8 Å². The van der Waals surface area contributed by atoms with Gasteiger partial charge in [-0.1, -0.05) is 6.07 Å². The van der Waals surface area contributed by atoms with Crippen LogP contribution in [-0.2, 0) is 16.2 Å². The molecule has 5 nitrogen and oxygen atoms in total. The number of nitrogens with one attached hydrogen (secondary N) is 1. The first-order valence-electron chi connectivity index (χ1n) is 5.52. The molecule has 1 fully saturated rings. The second-order valence-corrected chi connectivity index (χ2v) is 5.01. The van der Waals surface area contributed by atoms with Crippen LogP contribution in [0.1, 0.15) is 12.5 Å². The van der Waals surface area contributed by atoms with Gasteiger partial charge in [0.1, 0.15) is 6.04 Å². The van der Waals surface area contributed by atoms with E-state index >= 15 is 0 Å². The highest BCUT2D eigenvalue weighted by molar-refractivity contribution is 9.10. The Morgan fingerprint density at radius 3 is 2.83 bits per heavy atom. The number of nitrogens with zero attached hydrogens (tertiary/aromatic N) is 1. The minimum atomic E-state index is -0.404. The number of halogens is 1. The number of rotatable bonds is 2. The average Bonchev–Trinajstić information content (AvgIpc) is 2.34. The number of amides is 2. The summed E-state index contributed by atoms with van der Waals surface area (Å²) in [5.74, 6) is -0.611. The lowest BCUT2D eigenvalue weighted by Gasteiger charge is -2.34. The Balaban J connectivity index is 2.35. The van der Waals surface area contributed by atoms with Crippen LogP contribution >= 0.6 is 15.9 Å². The molecule has 1 aromatic carbocycles. The van der Waals surface area contributed by atoms with Crippen molar-refractivity contribution in [3.63, 3.8) is 0 Å². The van der Waals surface area contributed by atoms with Gasteiger partial charge in [-0.25, -0.2) is 0 Å². The molecule has 0 spiro atoms. The molecule has 1 heterocycles. The predicted molar refractivity (Wildman–Crippen MR) is 70.0 cm³/mol. The maximum absolute atomic E-state index is 11.6. The molecule has 0 bridgehead atoms. The molecule has 0 radical (unpaired) electrons. The van der Waals surface area contributed by atoms with Gasteiger partial charge in [-0.2, -0.15) is 0 Å². The number of benzene rings is 1. The normalized spacial score (nSPS) is 19.9. The fourth-order valence-electron chi connectivity index (χ4n) is 1.89. The highest BCUT2D eigenvalue weighted by atomic mass is 79.9. The van der Waals surface area contributed by atoms with Crippen LogP contribution in [0.4, 0.5) is 5.69 Å². The summed E-state index contributed by atoms with van der Waals surface area (Å²) in [6.07, 6.45) is 0. The van der Waals surface area contributed by atoms with Crippen molar-refractivity contribution in [3.05, 3.63) is 28.2 Å². The monoisotopic (exact) mass is 312 g/mol. The molecule has 0 aliphatic carbocycles. The van der Waals surface area contributed by atoms with E-state index in [4.69, 9.17) is 5.11 Å². The van der Waals surface area contributed by atoms with Crippen molar-refractivity contribution in [2.24, 2.45) is 0 Å². The molecule has 1 unspecified atom stereocenters. The van der Waals surface area contributed by atoms with E-state index in [0.29, 0.717) is 0 Å². The fraction of sp³-hybridized carbons (Fsp3) is 0.333. The topological polar surface area (TPSA) is 69.6 Å². The number of anilines is 1. The van der Waals surface area contributed by atoms with Gasteiger partial charge in [-0.15, -0.1) is 0 Å². The molecule has 96 valence electrons. The lowest BCUT2D eigenvalue weighted by atomic mass is 10.1.